The maximum Gasteiger partial charge on any atom is 0.249 e. The van der Waals surface area contributed by atoms with Crippen LogP contribution in [0.1, 0.15) is 13.3 Å². The highest BCUT2D eigenvalue weighted by Gasteiger charge is 2.47. The molecule has 1 N–H and O–H groups in total. The molecule has 3 aromatic heterocycles. The van der Waals surface area contributed by atoms with Gasteiger partial charge in [0.2, 0.25) is 11.9 Å². The molecule has 34 heavy (non-hydrogen) atoms. The zero-order valence-electron chi connectivity index (χ0n) is 18.4. The molecular weight excluding hydrogens is 453 g/mol. The van der Waals surface area contributed by atoms with E-state index in [-0.39, 0.29) is 25.7 Å². The number of anilines is 2. The summed E-state index contributed by atoms with van der Waals surface area (Å²) in [6.45, 7) is 0.986. The first-order chi connectivity index (χ1) is 16.3. The number of nitrogens with one attached hydrogen (secondary N) is 1. The Morgan fingerprint density at radius 2 is 2.03 bits per heavy atom. The smallest absolute Gasteiger partial charge is 0.249 e. The molecule has 0 bridgehead atoms. The van der Waals surface area contributed by atoms with Gasteiger partial charge in [-0.05, 0) is 6.92 Å². The van der Waals surface area contributed by atoms with Gasteiger partial charge in [0.25, 0.3) is 0 Å². The van der Waals surface area contributed by atoms with Crippen molar-refractivity contribution in [1.82, 2.24) is 34.4 Å². The molecule has 0 spiro atoms. The van der Waals surface area contributed by atoms with Crippen molar-refractivity contribution >= 4 is 28.6 Å². The fraction of sp³-hybridized carbons (Fsp3) is 0.381. The summed E-state index contributed by atoms with van der Waals surface area (Å²) in [7, 11) is 1.76. The molecule has 1 atom stereocenters. The van der Waals surface area contributed by atoms with Crippen molar-refractivity contribution in [3.8, 4) is 0 Å². The van der Waals surface area contributed by atoms with Gasteiger partial charge >= 0.3 is 0 Å². The van der Waals surface area contributed by atoms with E-state index in [1.807, 2.05) is 0 Å². The van der Waals surface area contributed by atoms with Gasteiger partial charge in [-0.3, -0.25) is 9.48 Å². The number of aromatic nitrogens is 6. The summed E-state index contributed by atoms with van der Waals surface area (Å²) >= 11 is 0. The average molecular weight is 474 g/mol. The Labute approximate surface area is 191 Å². The quantitative estimate of drug-likeness (QED) is 0.607. The van der Waals surface area contributed by atoms with Crippen LogP contribution in [0.25, 0.3) is 11.0 Å². The van der Waals surface area contributed by atoms with Crippen molar-refractivity contribution in [3.63, 3.8) is 0 Å². The number of carbonyl (C=O) groups is 1. The number of nitrogens with zero attached hydrogens (tertiary/aromatic N) is 7. The fourth-order valence-electron chi connectivity index (χ4n) is 4.24. The molecule has 2 aliphatic rings. The van der Waals surface area contributed by atoms with Gasteiger partial charge < -0.3 is 15.0 Å². The van der Waals surface area contributed by atoms with Gasteiger partial charge in [-0.1, -0.05) is 0 Å². The van der Waals surface area contributed by atoms with Crippen LogP contribution in [0.3, 0.4) is 0 Å². The minimum atomic E-state index is -1.67. The molecule has 1 aliphatic carbocycles. The highest BCUT2D eigenvalue weighted by Crippen LogP contribution is 2.44. The summed E-state index contributed by atoms with van der Waals surface area (Å²) in [5.74, 6) is -3.59. The molecule has 4 heterocycles. The Bertz CT molecular complexity index is 1350. The number of allylic oxidation sites excluding steroid dienone is 2. The van der Waals surface area contributed by atoms with Gasteiger partial charge in [-0.15, -0.1) is 0 Å². The molecule has 1 unspecified atom stereocenters. The second kappa shape index (κ2) is 8.24. The molecular formula is C21H21F3N8O2. The number of aryl methyl sites for hydroxylation is 1. The maximum atomic E-state index is 15.7. The van der Waals surface area contributed by atoms with Crippen molar-refractivity contribution < 1.29 is 22.7 Å². The summed E-state index contributed by atoms with van der Waals surface area (Å²) in [4.78, 5) is 22.2. The van der Waals surface area contributed by atoms with E-state index in [1.165, 1.54) is 28.9 Å². The molecule has 0 saturated carbocycles. The van der Waals surface area contributed by atoms with E-state index in [9.17, 15) is 13.6 Å². The van der Waals surface area contributed by atoms with Gasteiger partial charge in [0.15, 0.2) is 11.5 Å². The lowest BCUT2D eigenvalue weighted by atomic mass is 9.84. The summed E-state index contributed by atoms with van der Waals surface area (Å²) < 4.78 is 53.2. The van der Waals surface area contributed by atoms with E-state index in [4.69, 9.17) is 4.74 Å². The fourth-order valence-corrected chi connectivity index (χ4v) is 4.24. The van der Waals surface area contributed by atoms with Crippen LogP contribution >= 0.6 is 0 Å². The maximum absolute atomic E-state index is 15.7. The van der Waals surface area contributed by atoms with Crippen molar-refractivity contribution in [1.29, 1.82) is 0 Å². The lowest BCUT2D eigenvalue weighted by Crippen LogP contribution is -2.56. The Kier molecular flexibility index (Phi) is 5.35. The van der Waals surface area contributed by atoms with Crippen LogP contribution in [0.5, 0.6) is 0 Å². The first-order valence-electron chi connectivity index (χ1n) is 10.5. The molecule has 10 nitrogen and oxygen atoms in total. The molecule has 1 fully saturated rings. The van der Waals surface area contributed by atoms with E-state index in [1.54, 1.807) is 24.1 Å². The van der Waals surface area contributed by atoms with Crippen LogP contribution in [0.2, 0.25) is 0 Å². The number of morpholine rings is 1. The summed E-state index contributed by atoms with van der Waals surface area (Å²) in [6, 6.07) is 0. The van der Waals surface area contributed by atoms with Gasteiger partial charge in [0.1, 0.15) is 18.3 Å². The summed E-state index contributed by atoms with van der Waals surface area (Å²) in [5, 5.41) is 11.7. The van der Waals surface area contributed by atoms with Crippen molar-refractivity contribution in [3.05, 3.63) is 47.8 Å². The van der Waals surface area contributed by atoms with E-state index < -0.39 is 47.5 Å². The van der Waals surface area contributed by atoms with Crippen LogP contribution in [-0.2, 0) is 23.1 Å². The number of carbonyl (C=O) groups excluding carboxylic acids is 1. The number of fused-ring (bicyclic) bond motifs is 1. The van der Waals surface area contributed by atoms with Crippen LogP contribution in [0.4, 0.5) is 24.8 Å². The predicted molar refractivity (Wildman–Crippen MR) is 115 cm³/mol. The second-order valence-corrected chi connectivity index (χ2v) is 8.36. The van der Waals surface area contributed by atoms with Crippen LogP contribution in [0.15, 0.2) is 47.8 Å². The van der Waals surface area contributed by atoms with Crippen molar-refractivity contribution in [2.75, 3.05) is 25.1 Å². The molecule has 5 rings (SSSR count). The van der Waals surface area contributed by atoms with Crippen molar-refractivity contribution in [2.24, 2.45) is 7.05 Å². The Balaban J connectivity index is 1.50. The minimum Gasteiger partial charge on any atom is -0.370 e. The Morgan fingerprint density at radius 3 is 2.76 bits per heavy atom. The minimum absolute atomic E-state index is 0.0756. The highest BCUT2D eigenvalue weighted by atomic mass is 19.2. The lowest BCUT2D eigenvalue weighted by Gasteiger charge is -2.44. The number of hydrogen-bond donors (Lipinski definition) is 1. The van der Waals surface area contributed by atoms with E-state index in [0.29, 0.717) is 16.7 Å². The molecule has 0 aromatic carbocycles. The number of rotatable bonds is 5. The lowest BCUT2D eigenvalue weighted by molar-refractivity contribution is -0.149. The van der Waals surface area contributed by atoms with E-state index in [0.717, 1.165) is 0 Å². The van der Waals surface area contributed by atoms with Gasteiger partial charge in [-0.2, -0.15) is 15.2 Å². The van der Waals surface area contributed by atoms with Crippen LogP contribution in [-0.4, -0.2) is 65.6 Å². The van der Waals surface area contributed by atoms with Crippen LogP contribution < -0.4 is 5.32 Å². The van der Waals surface area contributed by atoms with E-state index >= 15 is 4.39 Å². The number of hydrogen-bond acceptors (Lipinski definition) is 7. The summed E-state index contributed by atoms with van der Waals surface area (Å²) in [6.07, 6.45) is 5.68. The monoisotopic (exact) mass is 474 g/mol. The molecule has 3 aromatic rings. The molecule has 13 heteroatoms. The molecule has 0 radical (unpaired) electrons. The van der Waals surface area contributed by atoms with Gasteiger partial charge in [-0.25, -0.2) is 22.8 Å². The predicted octanol–water partition coefficient (Wildman–Crippen LogP) is 2.70. The first kappa shape index (κ1) is 22.1. The SMILES string of the molecule is Cn1cc(Nc2ncc3cnn(CC4=C(F)C(C)(N5CCOCC5=O)CC(F)=C4F)c3n2)cn1. The largest absolute Gasteiger partial charge is 0.370 e. The average Bonchev–Trinajstić information content (AvgIpc) is 3.41. The third kappa shape index (κ3) is 3.71. The Morgan fingerprint density at radius 1 is 1.21 bits per heavy atom. The van der Waals surface area contributed by atoms with Gasteiger partial charge in [0, 0.05) is 38.0 Å². The molecule has 1 aliphatic heterocycles. The second-order valence-electron chi connectivity index (χ2n) is 8.36. The number of amides is 1. The third-order valence-electron chi connectivity index (χ3n) is 5.97. The number of ether oxygens (including phenoxy) is 1. The molecule has 1 amide bonds. The van der Waals surface area contributed by atoms with Crippen LogP contribution in [0, 0.1) is 0 Å². The summed E-state index contributed by atoms with van der Waals surface area (Å²) in [5.41, 5.74) is -1.24. The standard InChI is InChI=1S/C21H21F3N8O2/c1-21(31-3-4-34-11-16(31)33)5-15(22)17(23)14(18(21)24)10-32-19-12(7-27-32)6-25-20(29-19)28-13-8-26-30(2)9-13/h6-9H,3-5,10-11H2,1-2H3,(H,25,28,29). The normalized spacial score (nSPS) is 21.7. The number of halogens is 3. The molecule has 1 saturated heterocycles. The first-order valence-corrected chi connectivity index (χ1v) is 10.5. The van der Waals surface area contributed by atoms with Gasteiger partial charge in [0.05, 0.1) is 42.2 Å². The Hall–Kier alpha value is -3.74. The topological polar surface area (TPSA) is 103 Å². The van der Waals surface area contributed by atoms with E-state index in [2.05, 4.69) is 25.5 Å². The zero-order valence-corrected chi connectivity index (χ0v) is 18.4. The molecule has 178 valence electrons. The van der Waals surface area contributed by atoms with Crippen molar-refractivity contribution in [2.45, 2.75) is 25.4 Å². The zero-order chi connectivity index (χ0) is 24.0. The highest BCUT2D eigenvalue weighted by molar-refractivity contribution is 5.79. The third-order valence-corrected chi connectivity index (χ3v) is 5.97.